The van der Waals surface area contributed by atoms with Gasteiger partial charge in [0.1, 0.15) is 0 Å². The van der Waals surface area contributed by atoms with Crippen molar-refractivity contribution in [2.45, 2.75) is 6.10 Å². The summed E-state index contributed by atoms with van der Waals surface area (Å²) in [5.41, 5.74) is 0. The third kappa shape index (κ3) is 3.54. The van der Waals surface area contributed by atoms with Crippen LogP contribution in [-0.2, 0) is 4.74 Å². The van der Waals surface area contributed by atoms with Crippen LogP contribution in [0, 0.1) is 0 Å². The van der Waals surface area contributed by atoms with Gasteiger partial charge in [0.2, 0.25) is 0 Å². The van der Waals surface area contributed by atoms with Crippen molar-refractivity contribution in [2.75, 3.05) is 13.2 Å². The van der Waals surface area contributed by atoms with E-state index in [1.54, 1.807) is 0 Å². The minimum atomic E-state index is 0. The molecule has 0 radical (unpaired) electrons. The first kappa shape index (κ1) is 10.4. The first-order valence-corrected chi connectivity index (χ1v) is 3.01. The van der Waals surface area contributed by atoms with Crippen molar-refractivity contribution >= 4 is 29.6 Å². The van der Waals surface area contributed by atoms with E-state index in [1.165, 1.54) is 0 Å². The van der Waals surface area contributed by atoms with Crippen LogP contribution in [-0.4, -0.2) is 54.0 Å². The third-order valence-corrected chi connectivity index (χ3v) is 1.11. The van der Waals surface area contributed by atoms with E-state index in [9.17, 15) is 0 Å². The first-order valence-electron chi connectivity index (χ1n) is 3.01. The van der Waals surface area contributed by atoms with Gasteiger partial charge in [0, 0.05) is 0 Å². The number of allylic oxidation sites excluding steroid dienone is 2. The Bertz CT molecular complexity index is 120. The van der Waals surface area contributed by atoms with E-state index < -0.39 is 0 Å². The van der Waals surface area contributed by atoms with E-state index in [2.05, 4.69) is 0 Å². The molecule has 0 aromatic heterocycles. The van der Waals surface area contributed by atoms with Crippen molar-refractivity contribution in [1.82, 2.24) is 0 Å². The summed E-state index contributed by atoms with van der Waals surface area (Å²) in [4.78, 5) is 0. The SMILES string of the molecule is OCCOC1C=CC=C1.[NaH]. The maximum absolute atomic E-state index is 8.35. The Morgan fingerprint density at radius 1 is 1.30 bits per heavy atom. The van der Waals surface area contributed by atoms with Gasteiger partial charge >= 0.3 is 29.6 Å². The summed E-state index contributed by atoms with van der Waals surface area (Å²) in [7, 11) is 0. The van der Waals surface area contributed by atoms with Gasteiger partial charge in [-0.1, -0.05) is 24.3 Å². The second-order valence-corrected chi connectivity index (χ2v) is 1.83. The van der Waals surface area contributed by atoms with Gasteiger partial charge in [-0.25, -0.2) is 0 Å². The first-order chi connectivity index (χ1) is 4.43. The fraction of sp³-hybridized carbons (Fsp3) is 0.429. The molecule has 0 bridgehead atoms. The van der Waals surface area contributed by atoms with Gasteiger partial charge in [-0.3, -0.25) is 0 Å². The number of aliphatic hydroxyl groups is 1. The van der Waals surface area contributed by atoms with E-state index in [4.69, 9.17) is 9.84 Å². The quantitative estimate of drug-likeness (QED) is 0.566. The number of rotatable bonds is 3. The zero-order valence-electron chi connectivity index (χ0n) is 5.16. The standard InChI is InChI=1S/C7H10O2.Na.H/c8-5-6-9-7-3-1-2-4-7;;/h1-4,7-8H,5-6H2;;. The number of aliphatic hydroxyl groups excluding tert-OH is 1. The molecule has 0 spiro atoms. The van der Waals surface area contributed by atoms with Crippen molar-refractivity contribution in [2.24, 2.45) is 0 Å². The summed E-state index contributed by atoms with van der Waals surface area (Å²) in [6.07, 6.45) is 7.84. The van der Waals surface area contributed by atoms with E-state index in [1.807, 2.05) is 24.3 Å². The van der Waals surface area contributed by atoms with Gasteiger partial charge in [-0.2, -0.15) is 0 Å². The van der Waals surface area contributed by atoms with Crippen molar-refractivity contribution in [3.63, 3.8) is 0 Å². The van der Waals surface area contributed by atoms with Crippen molar-refractivity contribution in [1.29, 1.82) is 0 Å². The molecule has 0 aromatic carbocycles. The number of hydrogen-bond acceptors (Lipinski definition) is 2. The van der Waals surface area contributed by atoms with Crippen LogP contribution in [0.15, 0.2) is 24.3 Å². The molecule has 1 aliphatic rings. The molecule has 0 unspecified atom stereocenters. The van der Waals surface area contributed by atoms with Crippen molar-refractivity contribution in [3.05, 3.63) is 24.3 Å². The summed E-state index contributed by atoms with van der Waals surface area (Å²) in [5.74, 6) is 0. The van der Waals surface area contributed by atoms with Crippen LogP contribution >= 0.6 is 0 Å². The molecule has 0 saturated carbocycles. The molecule has 10 heavy (non-hydrogen) atoms. The van der Waals surface area contributed by atoms with Gasteiger partial charge in [0.15, 0.2) is 0 Å². The van der Waals surface area contributed by atoms with Crippen LogP contribution in [0.2, 0.25) is 0 Å². The Kier molecular flexibility index (Phi) is 6.38. The second-order valence-electron chi connectivity index (χ2n) is 1.83. The van der Waals surface area contributed by atoms with Crippen LogP contribution in [0.25, 0.3) is 0 Å². The molecule has 3 heteroatoms. The average Bonchev–Trinajstić information content (AvgIpc) is 2.34. The molecule has 2 nitrogen and oxygen atoms in total. The molecule has 0 aromatic rings. The zero-order chi connectivity index (χ0) is 6.53. The summed E-state index contributed by atoms with van der Waals surface area (Å²) in [5, 5.41) is 8.35. The topological polar surface area (TPSA) is 29.5 Å². The van der Waals surface area contributed by atoms with Gasteiger partial charge in [-0.15, -0.1) is 0 Å². The molecule has 1 aliphatic carbocycles. The van der Waals surface area contributed by atoms with Crippen LogP contribution in [0.3, 0.4) is 0 Å². The molecule has 0 amide bonds. The van der Waals surface area contributed by atoms with Crippen LogP contribution < -0.4 is 0 Å². The molecule has 0 aliphatic heterocycles. The molecule has 0 atom stereocenters. The summed E-state index contributed by atoms with van der Waals surface area (Å²) < 4.78 is 5.13. The summed E-state index contributed by atoms with van der Waals surface area (Å²) in [6, 6.07) is 0. The Hall–Kier alpha value is 0.400. The second kappa shape index (κ2) is 6.13. The third-order valence-electron chi connectivity index (χ3n) is 1.11. The predicted molar refractivity (Wildman–Crippen MR) is 42.3 cm³/mol. The fourth-order valence-corrected chi connectivity index (χ4v) is 0.711. The monoisotopic (exact) mass is 150 g/mol. The zero-order valence-corrected chi connectivity index (χ0v) is 5.16. The van der Waals surface area contributed by atoms with Gasteiger partial charge in [0.05, 0.1) is 19.3 Å². The molecule has 1 rings (SSSR count). The van der Waals surface area contributed by atoms with E-state index in [0.29, 0.717) is 6.61 Å². The Morgan fingerprint density at radius 2 is 1.90 bits per heavy atom. The molecular formula is C7H11NaO2. The number of hydrogen-bond donors (Lipinski definition) is 1. The summed E-state index contributed by atoms with van der Waals surface area (Å²) in [6.45, 7) is 0.511. The van der Waals surface area contributed by atoms with Crippen molar-refractivity contribution in [3.8, 4) is 0 Å². The van der Waals surface area contributed by atoms with E-state index >= 15 is 0 Å². The Morgan fingerprint density at radius 3 is 2.40 bits per heavy atom. The normalized spacial score (nSPS) is 15.7. The fourth-order valence-electron chi connectivity index (χ4n) is 0.711. The molecule has 0 fully saturated rings. The minimum absolute atomic E-state index is 0. The molecular weight excluding hydrogens is 139 g/mol. The van der Waals surface area contributed by atoms with E-state index in [-0.39, 0.29) is 42.3 Å². The van der Waals surface area contributed by atoms with Crippen LogP contribution in [0.4, 0.5) is 0 Å². The average molecular weight is 150 g/mol. The van der Waals surface area contributed by atoms with Gasteiger partial charge in [0.25, 0.3) is 0 Å². The Balaban J connectivity index is 0.000000810. The predicted octanol–water partition coefficient (Wildman–Crippen LogP) is -0.159. The van der Waals surface area contributed by atoms with Crippen molar-refractivity contribution < 1.29 is 9.84 Å². The molecule has 0 saturated heterocycles. The molecule has 1 N–H and O–H groups in total. The van der Waals surface area contributed by atoms with Crippen LogP contribution in [0.1, 0.15) is 0 Å². The van der Waals surface area contributed by atoms with E-state index in [0.717, 1.165) is 0 Å². The maximum atomic E-state index is 8.35. The van der Waals surface area contributed by atoms with Gasteiger partial charge in [-0.05, 0) is 0 Å². The summed E-state index contributed by atoms with van der Waals surface area (Å²) >= 11 is 0. The number of ether oxygens (including phenoxy) is 1. The Labute approximate surface area is 82.9 Å². The molecule has 0 heterocycles. The van der Waals surface area contributed by atoms with Gasteiger partial charge < -0.3 is 9.84 Å². The van der Waals surface area contributed by atoms with Crippen LogP contribution in [0.5, 0.6) is 0 Å². The molecule has 52 valence electrons.